The molecule has 1 atom stereocenters. The van der Waals surface area contributed by atoms with Crippen LogP contribution in [0.2, 0.25) is 0 Å². The lowest BCUT2D eigenvalue weighted by Crippen LogP contribution is -2.35. The van der Waals surface area contributed by atoms with Crippen LogP contribution in [0.15, 0.2) is 47.1 Å². The molecule has 0 aliphatic carbocycles. The number of hydrogen-bond donors (Lipinski definition) is 1. The Hall–Kier alpha value is -2.57. The lowest BCUT2D eigenvalue weighted by Gasteiger charge is -2.36. The average Bonchev–Trinajstić information content (AvgIpc) is 3.40. The molecule has 1 aliphatic rings. The van der Waals surface area contributed by atoms with E-state index >= 15 is 0 Å². The number of nitrogens with zero attached hydrogens (tertiary/aromatic N) is 1. The normalized spacial score (nSPS) is 15.7. The second-order valence-electron chi connectivity index (χ2n) is 7.73. The maximum Gasteiger partial charge on any atom is 0.291 e. The van der Waals surface area contributed by atoms with E-state index in [-0.39, 0.29) is 11.9 Å². The first-order chi connectivity index (χ1) is 14.6. The van der Waals surface area contributed by atoms with Crippen molar-refractivity contribution in [2.75, 3.05) is 25.5 Å². The molecule has 1 unspecified atom stereocenters. The zero-order chi connectivity index (χ0) is 21.1. The topological polar surface area (TPSA) is 54.7 Å². The molecule has 3 aromatic rings. The number of amides is 1. The van der Waals surface area contributed by atoms with Crippen molar-refractivity contribution in [2.24, 2.45) is 0 Å². The lowest BCUT2D eigenvalue weighted by molar-refractivity contribution is 0.0996. The minimum absolute atomic E-state index is 0.0908. The van der Waals surface area contributed by atoms with Gasteiger partial charge < -0.3 is 14.5 Å². The summed E-state index contributed by atoms with van der Waals surface area (Å²) < 4.78 is 10.7. The van der Waals surface area contributed by atoms with Crippen LogP contribution < -0.4 is 10.1 Å². The van der Waals surface area contributed by atoms with E-state index in [4.69, 9.17) is 9.15 Å². The highest BCUT2D eigenvalue weighted by Crippen LogP contribution is 2.43. The van der Waals surface area contributed by atoms with E-state index in [1.807, 2.05) is 12.1 Å². The largest absolute Gasteiger partial charge is 0.497 e. The molecule has 0 bridgehead atoms. The number of hydrogen-bond acceptors (Lipinski definition) is 5. The molecule has 0 radical (unpaired) electrons. The van der Waals surface area contributed by atoms with Crippen molar-refractivity contribution in [3.8, 4) is 5.75 Å². The monoisotopic (exact) mass is 424 g/mol. The van der Waals surface area contributed by atoms with Crippen molar-refractivity contribution in [3.63, 3.8) is 0 Å². The molecule has 1 aliphatic heterocycles. The minimum atomic E-state index is -0.213. The quantitative estimate of drug-likeness (QED) is 0.544. The molecule has 5 nitrogen and oxygen atoms in total. The van der Waals surface area contributed by atoms with E-state index in [0.29, 0.717) is 5.76 Å². The van der Waals surface area contributed by atoms with Gasteiger partial charge in [-0.25, -0.2) is 0 Å². The molecule has 3 heterocycles. The molecule has 30 heavy (non-hydrogen) atoms. The van der Waals surface area contributed by atoms with E-state index in [0.717, 1.165) is 23.8 Å². The fourth-order valence-corrected chi connectivity index (χ4v) is 5.25. The predicted octanol–water partition coefficient (Wildman–Crippen LogP) is 5.79. The molecule has 6 heteroatoms. The highest BCUT2D eigenvalue weighted by atomic mass is 32.1. The summed E-state index contributed by atoms with van der Waals surface area (Å²) in [7, 11) is 1.69. The van der Waals surface area contributed by atoms with Gasteiger partial charge in [0.05, 0.1) is 19.4 Å². The number of carbonyl (C=O) groups is 1. The van der Waals surface area contributed by atoms with Crippen molar-refractivity contribution >= 4 is 22.2 Å². The third-order valence-corrected chi connectivity index (χ3v) is 7.00. The Morgan fingerprint density at radius 2 is 1.87 bits per heavy atom. The number of piperidine rings is 1. The minimum Gasteiger partial charge on any atom is -0.497 e. The fraction of sp³-hybridized carbons (Fsp3) is 0.375. The van der Waals surface area contributed by atoms with E-state index in [1.165, 1.54) is 47.1 Å². The van der Waals surface area contributed by atoms with Crippen LogP contribution in [0, 0.1) is 13.8 Å². The molecular weight excluding hydrogens is 396 g/mol. The van der Waals surface area contributed by atoms with E-state index in [9.17, 15) is 4.79 Å². The molecule has 0 saturated carbocycles. The Morgan fingerprint density at radius 3 is 2.50 bits per heavy atom. The molecule has 1 fully saturated rings. The van der Waals surface area contributed by atoms with Crippen molar-refractivity contribution in [1.29, 1.82) is 0 Å². The summed E-state index contributed by atoms with van der Waals surface area (Å²) in [4.78, 5) is 16.5. The number of rotatable bonds is 6. The molecule has 1 saturated heterocycles. The summed E-state index contributed by atoms with van der Waals surface area (Å²) in [5.74, 6) is 0.957. The van der Waals surface area contributed by atoms with Crippen LogP contribution in [0.1, 0.15) is 57.4 Å². The van der Waals surface area contributed by atoms with Gasteiger partial charge in [-0.15, -0.1) is 11.3 Å². The van der Waals surface area contributed by atoms with E-state index in [2.05, 4.69) is 36.2 Å². The smallest absolute Gasteiger partial charge is 0.291 e. The molecule has 1 N–H and O–H groups in total. The van der Waals surface area contributed by atoms with E-state index in [1.54, 1.807) is 30.6 Å². The van der Waals surface area contributed by atoms with Gasteiger partial charge in [0.25, 0.3) is 5.91 Å². The fourth-order valence-electron chi connectivity index (χ4n) is 4.16. The molecule has 1 amide bonds. The van der Waals surface area contributed by atoms with Crippen LogP contribution in [0.25, 0.3) is 0 Å². The highest BCUT2D eigenvalue weighted by molar-refractivity contribution is 7.16. The van der Waals surface area contributed by atoms with Crippen LogP contribution >= 0.6 is 11.3 Å². The third-order valence-electron chi connectivity index (χ3n) is 5.86. The first-order valence-electron chi connectivity index (χ1n) is 10.4. The first-order valence-corrected chi connectivity index (χ1v) is 11.2. The Bertz CT molecular complexity index is 986. The highest BCUT2D eigenvalue weighted by Gasteiger charge is 2.30. The zero-order valence-electron chi connectivity index (χ0n) is 17.7. The molecule has 1 aromatic carbocycles. The van der Waals surface area contributed by atoms with Crippen LogP contribution in [-0.2, 0) is 0 Å². The summed E-state index contributed by atoms with van der Waals surface area (Å²) in [5, 5.41) is 4.02. The van der Waals surface area contributed by atoms with Gasteiger partial charge in [0.15, 0.2) is 5.76 Å². The van der Waals surface area contributed by atoms with Crippen molar-refractivity contribution < 1.29 is 13.9 Å². The first kappa shape index (κ1) is 20.7. The summed E-state index contributed by atoms with van der Waals surface area (Å²) in [5.41, 5.74) is 3.64. The van der Waals surface area contributed by atoms with Crippen molar-refractivity contribution in [1.82, 2.24) is 4.90 Å². The van der Waals surface area contributed by atoms with Crippen molar-refractivity contribution in [2.45, 2.75) is 39.2 Å². The Morgan fingerprint density at radius 1 is 1.13 bits per heavy atom. The van der Waals surface area contributed by atoms with Gasteiger partial charge in [-0.3, -0.25) is 9.69 Å². The van der Waals surface area contributed by atoms with Gasteiger partial charge in [-0.2, -0.15) is 0 Å². The SMILES string of the molecule is COc1ccc(C(c2c(NC(=O)c3ccco3)sc(C)c2C)N2CCCCC2)cc1. The Kier molecular flexibility index (Phi) is 6.25. The zero-order valence-corrected chi connectivity index (χ0v) is 18.6. The maximum atomic E-state index is 12.7. The number of benzene rings is 1. The Balaban J connectivity index is 1.76. The van der Waals surface area contributed by atoms with Gasteiger partial charge in [0.1, 0.15) is 10.8 Å². The number of methoxy groups -OCH3 is 1. The van der Waals surface area contributed by atoms with Gasteiger partial charge in [0.2, 0.25) is 0 Å². The molecular formula is C24H28N2O3S. The maximum absolute atomic E-state index is 12.7. The van der Waals surface area contributed by atoms with E-state index < -0.39 is 0 Å². The average molecular weight is 425 g/mol. The van der Waals surface area contributed by atoms with Crippen LogP contribution in [-0.4, -0.2) is 31.0 Å². The number of aryl methyl sites for hydroxylation is 1. The number of likely N-dealkylation sites (tertiary alicyclic amines) is 1. The summed E-state index contributed by atoms with van der Waals surface area (Å²) in [6, 6.07) is 11.8. The standard InChI is InChI=1S/C24H28N2O3S/c1-16-17(2)30-24(25-23(27)20-8-7-15-29-20)21(16)22(26-13-5-4-6-14-26)18-9-11-19(28-3)12-10-18/h7-12,15,22H,4-6,13-14H2,1-3H3,(H,25,27). The van der Waals surface area contributed by atoms with Gasteiger partial charge in [-0.1, -0.05) is 18.6 Å². The number of carbonyl (C=O) groups excluding carboxylic acids is 1. The number of thiophene rings is 1. The van der Waals surface area contributed by atoms with Crippen molar-refractivity contribution in [3.05, 3.63) is 70.0 Å². The van der Waals surface area contributed by atoms with Crippen LogP contribution in [0.4, 0.5) is 5.00 Å². The third kappa shape index (κ3) is 4.16. The number of furan rings is 1. The van der Waals surface area contributed by atoms with Gasteiger partial charge in [-0.05, 0) is 75.2 Å². The molecule has 0 spiro atoms. The van der Waals surface area contributed by atoms with Crippen LogP contribution in [0.3, 0.4) is 0 Å². The lowest BCUT2D eigenvalue weighted by atomic mass is 9.93. The van der Waals surface area contributed by atoms with Gasteiger partial charge in [0, 0.05) is 10.4 Å². The predicted molar refractivity (Wildman–Crippen MR) is 121 cm³/mol. The summed E-state index contributed by atoms with van der Waals surface area (Å²) in [6.45, 7) is 6.38. The Labute approximate surface area is 181 Å². The number of anilines is 1. The van der Waals surface area contributed by atoms with Crippen LogP contribution in [0.5, 0.6) is 5.75 Å². The molecule has 4 rings (SSSR count). The second-order valence-corrected chi connectivity index (χ2v) is 8.95. The second kappa shape index (κ2) is 9.06. The summed E-state index contributed by atoms with van der Waals surface area (Å²) in [6.07, 6.45) is 5.19. The number of ether oxygens (including phenoxy) is 1. The molecule has 158 valence electrons. The molecule has 2 aromatic heterocycles. The number of nitrogens with one attached hydrogen (secondary N) is 1. The van der Waals surface area contributed by atoms with Gasteiger partial charge >= 0.3 is 0 Å². The summed E-state index contributed by atoms with van der Waals surface area (Å²) >= 11 is 1.64.